The molecule has 0 aliphatic heterocycles. The van der Waals surface area contributed by atoms with E-state index in [2.05, 4.69) is 5.10 Å². The molecule has 3 aromatic rings. The number of rotatable bonds is 4. The average Bonchev–Trinajstić information content (AvgIpc) is 3.69. The third kappa shape index (κ3) is 3.35. The van der Waals surface area contributed by atoms with Crippen LogP contribution >= 0.6 is 0 Å². The summed E-state index contributed by atoms with van der Waals surface area (Å²) in [5, 5.41) is 26.9. The van der Waals surface area contributed by atoms with Crippen molar-refractivity contribution in [2.24, 2.45) is 28.6 Å². The fourth-order valence-corrected chi connectivity index (χ4v) is 8.99. The van der Waals surface area contributed by atoms with E-state index in [0.717, 1.165) is 5.69 Å². The number of aliphatic carboxylic acids is 1. The minimum absolute atomic E-state index is 0.0862. The van der Waals surface area contributed by atoms with E-state index in [-0.39, 0.29) is 30.6 Å². The zero-order chi connectivity index (χ0) is 30.5. The van der Waals surface area contributed by atoms with Crippen LogP contribution in [0, 0.1) is 28.6 Å². The maximum atomic E-state index is 18.0. The molecule has 224 valence electrons. The molecule has 2 saturated carbocycles. The lowest BCUT2D eigenvalue weighted by Crippen LogP contribution is -2.70. The Morgan fingerprint density at radius 1 is 1.16 bits per heavy atom. The molecular weight excluding hydrogens is 558 g/mol. The molecular formula is C33H32F2N2O6. The highest BCUT2D eigenvalue weighted by Gasteiger charge is 2.78. The van der Waals surface area contributed by atoms with Crippen LogP contribution in [0.25, 0.3) is 11.8 Å². The van der Waals surface area contributed by atoms with E-state index in [1.165, 1.54) is 24.5 Å². The number of carboxylic acid groups (broad SMARTS) is 1. The highest BCUT2D eigenvalue weighted by atomic mass is 19.1. The van der Waals surface area contributed by atoms with Gasteiger partial charge in [0.2, 0.25) is 11.4 Å². The van der Waals surface area contributed by atoms with Crippen molar-refractivity contribution in [2.75, 3.05) is 0 Å². The van der Waals surface area contributed by atoms with E-state index in [1.54, 1.807) is 37.7 Å². The van der Waals surface area contributed by atoms with E-state index in [4.69, 9.17) is 9.15 Å². The third-order valence-electron chi connectivity index (χ3n) is 11.0. The molecule has 2 aromatic heterocycles. The molecule has 2 N–H and O–H groups in total. The van der Waals surface area contributed by atoms with Gasteiger partial charge in [-0.3, -0.25) is 0 Å². The van der Waals surface area contributed by atoms with Crippen molar-refractivity contribution in [3.05, 3.63) is 89.4 Å². The largest absolute Gasteiger partial charge is 0.478 e. The number of nitrogens with zero attached hydrogens (tertiary/aromatic N) is 2. The SMILES string of the molecule is CC1CC2C3C=C(F)C4=Cc5c(cnn5-c5ccccc5)CC4(C)C3(F)C(O)CC2(C)C1(OC(=O)c1ccco1)C(=O)O. The van der Waals surface area contributed by atoms with Gasteiger partial charge in [-0.05, 0) is 72.7 Å². The predicted molar refractivity (Wildman–Crippen MR) is 150 cm³/mol. The van der Waals surface area contributed by atoms with Gasteiger partial charge >= 0.3 is 11.9 Å². The van der Waals surface area contributed by atoms with E-state index in [0.29, 0.717) is 11.3 Å². The number of benzene rings is 1. The Balaban J connectivity index is 1.34. The summed E-state index contributed by atoms with van der Waals surface area (Å²) in [6, 6.07) is 12.2. The molecule has 10 heteroatoms. The Morgan fingerprint density at radius 3 is 2.58 bits per heavy atom. The lowest BCUT2D eigenvalue weighted by molar-refractivity contribution is -0.219. The molecule has 2 fully saturated rings. The average molecular weight is 591 g/mol. The molecule has 0 amide bonds. The molecule has 7 rings (SSSR count). The molecule has 0 radical (unpaired) electrons. The van der Waals surface area contributed by atoms with Crippen molar-refractivity contribution in [3.8, 4) is 5.69 Å². The minimum atomic E-state index is -2.34. The molecule has 8 nitrogen and oxygen atoms in total. The van der Waals surface area contributed by atoms with Crippen molar-refractivity contribution >= 4 is 18.0 Å². The van der Waals surface area contributed by atoms with Gasteiger partial charge in [0.05, 0.1) is 29.9 Å². The molecule has 8 unspecified atom stereocenters. The van der Waals surface area contributed by atoms with Gasteiger partial charge in [0.15, 0.2) is 5.67 Å². The number of fused-ring (bicyclic) bond motifs is 6. The summed E-state index contributed by atoms with van der Waals surface area (Å²) < 4.78 is 46.9. The van der Waals surface area contributed by atoms with Gasteiger partial charge in [-0.15, -0.1) is 0 Å². The Morgan fingerprint density at radius 2 is 1.91 bits per heavy atom. The van der Waals surface area contributed by atoms with Crippen molar-refractivity contribution in [1.29, 1.82) is 0 Å². The van der Waals surface area contributed by atoms with Crippen LogP contribution in [0.5, 0.6) is 0 Å². The molecule has 0 saturated heterocycles. The second-order valence-corrected chi connectivity index (χ2v) is 13.0. The van der Waals surface area contributed by atoms with E-state index >= 15 is 8.78 Å². The third-order valence-corrected chi connectivity index (χ3v) is 11.0. The number of aliphatic hydroxyl groups excluding tert-OH is 1. The summed E-state index contributed by atoms with van der Waals surface area (Å²) in [6.07, 6.45) is 4.00. The van der Waals surface area contributed by atoms with Crippen molar-refractivity contribution in [3.63, 3.8) is 0 Å². The van der Waals surface area contributed by atoms with E-state index in [1.807, 2.05) is 30.3 Å². The Labute approximate surface area is 246 Å². The zero-order valence-corrected chi connectivity index (χ0v) is 24.0. The Bertz CT molecular complexity index is 1700. The highest BCUT2D eigenvalue weighted by molar-refractivity contribution is 5.91. The summed E-state index contributed by atoms with van der Waals surface area (Å²) in [5.74, 6) is -5.85. The van der Waals surface area contributed by atoms with Crippen molar-refractivity contribution in [2.45, 2.75) is 57.4 Å². The number of para-hydroxylation sites is 1. The van der Waals surface area contributed by atoms with Crippen LogP contribution in [0.3, 0.4) is 0 Å². The summed E-state index contributed by atoms with van der Waals surface area (Å²) >= 11 is 0. The number of hydrogen-bond acceptors (Lipinski definition) is 6. The van der Waals surface area contributed by atoms with Crippen LogP contribution in [0.15, 0.2) is 76.8 Å². The number of aromatic nitrogens is 2. The normalized spacial score (nSPS) is 37.7. The van der Waals surface area contributed by atoms with Gasteiger partial charge in [0, 0.05) is 22.7 Å². The second kappa shape index (κ2) is 8.98. The van der Waals surface area contributed by atoms with Crippen LogP contribution in [0.1, 0.15) is 55.4 Å². The Hall–Kier alpha value is -4.05. The monoisotopic (exact) mass is 590 g/mol. The van der Waals surface area contributed by atoms with E-state index in [9.17, 15) is 19.8 Å². The van der Waals surface area contributed by atoms with Gasteiger partial charge in [-0.25, -0.2) is 23.1 Å². The fraction of sp³-hybridized carbons (Fsp3) is 0.424. The van der Waals surface area contributed by atoms with Crippen LogP contribution in [0.2, 0.25) is 0 Å². The van der Waals surface area contributed by atoms with E-state index < -0.39 is 63.7 Å². The molecule has 4 aliphatic rings. The quantitative estimate of drug-likeness (QED) is 0.374. The number of halogens is 2. The first kappa shape index (κ1) is 27.8. The molecule has 0 bridgehead atoms. The van der Waals surface area contributed by atoms with Gasteiger partial charge in [-0.2, -0.15) is 5.10 Å². The van der Waals surface area contributed by atoms with Gasteiger partial charge < -0.3 is 19.4 Å². The van der Waals surface area contributed by atoms with Crippen molar-refractivity contribution < 1.29 is 37.7 Å². The maximum Gasteiger partial charge on any atom is 0.375 e. The number of carboxylic acids is 1. The fourth-order valence-electron chi connectivity index (χ4n) is 8.99. The smallest absolute Gasteiger partial charge is 0.375 e. The van der Waals surface area contributed by atoms with Gasteiger partial charge in [0.25, 0.3) is 0 Å². The first-order chi connectivity index (χ1) is 20.4. The number of esters is 1. The number of carbonyl (C=O) groups is 2. The maximum absolute atomic E-state index is 18.0. The highest BCUT2D eigenvalue weighted by Crippen LogP contribution is 2.71. The first-order valence-corrected chi connectivity index (χ1v) is 14.5. The number of furan rings is 1. The van der Waals surface area contributed by atoms with Gasteiger partial charge in [0.1, 0.15) is 5.83 Å². The summed E-state index contributed by atoms with van der Waals surface area (Å²) in [6.45, 7) is 4.88. The lowest BCUT2D eigenvalue weighted by atomic mass is 9.45. The molecule has 8 atom stereocenters. The number of hydrogen-bond donors (Lipinski definition) is 2. The topological polar surface area (TPSA) is 115 Å². The second-order valence-electron chi connectivity index (χ2n) is 13.0. The van der Waals surface area contributed by atoms with Gasteiger partial charge in [-0.1, -0.05) is 39.0 Å². The molecule has 43 heavy (non-hydrogen) atoms. The number of carbonyl (C=O) groups excluding carboxylic acids is 1. The number of alkyl halides is 1. The number of allylic oxidation sites excluding steroid dienone is 3. The van der Waals surface area contributed by atoms with Crippen LogP contribution in [-0.2, 0) is 16.0 Å². The zero-order valence-electron chi connectivity index (χ0n) is 24.0. The number of aliphatic hydroxyl groups is 1. The molecule has 0 spiro atoms. The standard InChI is InChI=1S/C33H32F2N2O6/c1-18-12-21-22-13-24(34)23-14-25-19(17-36-37(25)20-8-5-4-6-9-20)15-30(23,2)32(22,35)27(38)16-31(21,3)33(18,29(40)41)43-28(39)26-10-7-11-42-26/h4-11,13-14,17-18,21-22,27,38H,12,15-16H2,1-3H3,(H,40,41). The summed E-state index contributed by atoms with van der Waals surface area (Å²) in [5.41, 5.74) is -5.08. The van der Waals surface area contributed by atoms with Crippen molar-refractivity contribution in [1.82, 2.24) is 9.78 Å². The number of ether oxygens (including phenoxy) is 1. The first-order valence-electron chi connectivity index (χ1n) is 14.5. The van der Waals surface area contributed by atoms with Crippen LogP contribution < -0.4 is 0 Å². The predicted octanol–water partition coefficient (Wildman–Crippen LogP) is 5.71. The lowest BCUT2D eigenvalue weighted by Gasteiger charge is -2.61. The summed E-state index contributed by atoms with van der Waals surface area (Å²) in [7, 11) is 0. The van der Waals surface area contributed by atoms with Crippen LogP contribution in [-0.4, -0.2) is 49.3 Å². The molecule has 2 heterocycles. The summed E-state index contributed by atoms with van der Waals surface area (Å²) in [4.78, 5) is 26.1. The minimum Gasteiger partial charge on any atom is -0.478 e. The molecule has 1 aromatic carbocycles. The van der Waals surface area contributed by atoms with Crippen LogP contribution in [0.4, 0.5) is 8.78 Å². The Kier molecular flexibility index (Phi) is 5.80. The molecule has 4 aliphatic carbocycles.